The van der Waals surface area contributed by atoms with Crippen molar-refractivity contribution in [2.24, 2.45) is 5.92 Å². The summed E-state index contributed by atoms with van der Waals surface area (Å²) in [5.74, 6) is -1.49. The molecule has 7 nitrogen and oxygen atoms in total. The summed E-state index contributed by atoms with van der Waals surface area (Å²) in [6, 6.07) is 8.00. The molecule has 3 heterocycles. The van der Waals surface area contributed by atoms with Gasteiger partial charge >= 0.3 is 6.03 Å². The molecule has 0 unspecified atom stereocenters. The van der Waals surface area contributed by atoms with Crippen molar-refractivity contribution < 1.29 is 32.2 Å². The summed E-state index contributed by atoms with van der Waals surface area (Å²) in [5.41, 5.74) is 1.47. The fourth-order valence-corrected chi connectivity index (χ4v) is 4.80. The molecule has 3 aromatic rings. The Labute approximate surface area is 197 Å². The van der Waals surface area contributed by atoms with Crippen LogP contribution in [0.25, 0.3) is 0 Å². The second kappa shape index (κ2) is 8.00. The first kappa shape index (κ1) is 21.5. The number of ketones is 1. The first-order valence-electron chi connectivity index (χ1n) is 11.0. The summed E-state index contributed by atoms with van der Waals surface area (Å²) in [6.45, 7) is 0.284. The van der Waals surface area contributed by atoms with Crippen LogP contribution in [0.3, 0.4) is 0 Å². The van der Waals surface area contributed by atoms with Crippen LogP contribution in [-0.4, -0.2) is 22.9 Å². The van der Waals surface area contributed by atoms with Crippen LogP contribution < -0.4 is 20.1 Å². The number of amides is 2. The van der Waals surface area contributed by atoms with Crippen LogP contribution in [0.2, 0.25) is 0 Å². The second-order valence-electron chi connectivity index (χ2n) is 8.80. The lowest BCUT2D eigenvalue weighted by Gasteiger charge is -2.20. The predicted octanol–water partition coefficient (Wildman–Crippen LogP) is 4.60. The Morgan fingerprint density at radius 3 is 2.80 bits per heavy atom. The number of hydrogen-bond acceptors (Lipinski definition) is 5. The Balaban J connectivity index is 1.15. The molecule has 35 heavy (non-hydrogen) atoms. The van der Waals surface area contributed by atoms with Crippen molar-refractivity contribution in [3.05, 3.63) is 76.7 Å². The van der Waals surface area contributed by atoms with Gasteiger partial charge in [-0.2, -0.15) is 0 Å². The van der Waals surface area contributed by atoms with Gasteiger partial charge in [-0.1, -0.05) is 0 Å². The van der Waals surface area contributed by atoms with Crippen molar-refractivity contribution in [3.63, 3.8) is 0 Å². The number of fused-ring (bicyclic) bond motifs is 4. The van der Waals surface area contributed by atoms with Gasteiger partial charge in [0.15, 0.2) is 11.6 Å². The van der Waals surface area contributed by atoms with Gasteiger partial charge in [0.05, 0.1) is 12.1 Å². The number of nitrogens with zero attached hydrogens (tertiary/aromatic N) is 1. The molecule has 1 aromatic heterocycles. The Bertz CT molecular complexity index is 1400. The van der Waals surface area contributed by atoms with E-state index in [1.54, 1.807) is 24.4 Å². The monoisotopic (exact) mass is 481 g/mol. The molecule has 3 aliphatic rings. The molecule has 10 heteroatoms. The standard InChI is InChI=1S/C25H18F3N3O4/c26-17-9-19(28)18(27)6-11(17)5-12(32)7-15-22-14-8-13(1-2-20(14)35-23(15)22)34-21-3-4-29-24-16(21)10-30-25(33)31-24/h1-4,6,8-9,15,22-23H,5,7,10H2,(H2,29,30,31,33)/t15-,22-,23+/m0/s1. The van der Waals surface area contributed by atoms with E-state index >= 15 is 0 Å². The third-order valence-electron chi connectivity index (χ3n) is 6.54. The number of pyridine rings is 1. The molecule has 2 aromatic carbocycles. The van der Waals surface area contributed by atoms with E-state index in [1.807, 2.05) is 6.07 Å². The molecule has 0 spiro atoms. The second-order valence-corrected chi connectivity index (χ2v) is 8.80. The first-order chi connectivity index (χ1) is 16.9. The number of halogens is 3. The van der Waals surface area contributed by atoms with Gasteiger partial charge in [-0.25, -0.2) is 22.9 Å². The minimum atomic E-state index is -1.29. The van der Waals surface area contributed by atoms with Gasteiger partial charge in [-0.3, -0.25) is 10.1 Å². The maximum absolute atomic E-state index is 13.9. The van der Waals surface area contributed by atoms with Crippen molar-refractivity contribution in [3.8, 4) is 17.2 Å². The summed E-state index contributed by atoms with van der Waals surface area (Å²) in [6.07, 6.45) is 1.21. The van der Waals surface area contributed by atoms with Gasteiger partial charge in [-0.05, 0) is 35.9 Å². The molecule has 2 amide bonds. The van der Waals surface area contributed by atoms with E-state index < -0.39 is 17.5 Å². The minimum Gasteiger partial charge on any atom is -0.489 e. The molecule has 2 N–H and O–H groups in total. The average Bonchev–Trinajstić information content (AvgIpc) is 3.33. The van der Waals surface area contributed by atoms with E-state index in [2.05, 4.69) is 15.6 Å². The lowest BCUT2D eigenvalue weighted by atomic mass is 10.0. The van der Waals surface area contributed by atoms with E-state index in [0.717, 1.165) is 17.2 Å². The average molecular weight is 481 g/mol. The smallest absolute Gasteiger partial charge is 0.320 e. The number of Topliss-reactive ketones (excluding diaryl/α,β-unsaturated/α-hetero) is 1. The van der Waals surface area contributed by atoms with Crippen LogP contribution in [0.1, 0.15) is 29.0 Å². The Hall–Kier alpha value is -4.08. The minimum absolute atomic E-state index is 0.000360. The highest BCUT2D eigenvalue weighted by molar-refractivity contribution is 5.91. The zero-order valence-corrected chi connectivity index (χ0v) is 18.1. The van der Waals surface area contributed by atoms with Crippen LogP contribution in [-0.2, 0) is 17.8 Å². The summed E-state index contributed by atoms with van der Waals surface area (Å²) in [7, 11) is 0. The zero-order valence-electron chi connectivity index (χ0n) is 18.1. The molecular formula is C25H18F3N3O4. The fourth-order valence-electron chi connectivity index (χ4n) is 4.80. The number of aromatic nitrogens is 1. The summed E-state index contributed by atoms with van der Waals surface area (Å²) in [4.78, 5) is 28.2. The topological polar surface area (TPSA) is 89.6 Å². The molecule has 1 saturated carbocycles. The summed E-state index contributed by atoms with van der Waals surface area (Å²) >= 11 is 0. The normalized spacial score (nSPS) is 21.1. The molecule has 0 bridgehead atoms. The SMILES string of the molecule is O=C(Cc1cc(F)c(F)cc1F)C[C@@H]1[C@H]2Oc3ccc(Oc4ccnc5c4CNC(=O)N5)cc3[C@@H]12. The molecule has 0 saturated heterocycles. The van der Waals surface area contributed by atoms with Crippen molar-refractivity contribution >= 4 is 17.6 Å². The Morgan fingerprint density at radius 1 is 1.11 bits per heavy atom. The third kappa shape index (κ3) is 3.84. The number of rotatable bonds is 6. The molecule has 6 rings (SSSR count). The molecule has 1 fully saturated rings. The van der Waals surface area contributed by atoms with Crippen LogP contribution in [0.15, 0.2) is 42.6 Å². The lowest BCUT2D eigenvalue weighted by Crippen LogP contribution is -2.34. The van der Waals surface area contributed by atoms with Crippen molar-refractivity contribution in [1.29, 1.82) is 0 Å². The van der Waals surface area contributed by atoms with Crippen LogP contribution in [0.4, 0.5) is 23.8 Å². The maximum atomic E-state index is 13.9. The Morgan fingerprint density at radius 2 is 1.94 bits per heavy atom. The molecule has 1 aliphatic carbocycles. The van der Waals surface area contributed by atoms with Crippen LogP contribution in [0, 0.1) is 23.4 Å². The van der Waals surface area contributed by atoms with E-state index in [1.165, 1.54) is 0 Å². The molecule has 2 aliphatic heterocycles. The third-order valence-corrected chi connectivity index (χ3v) is 6.54. The first-order valence-corrected chi connectivity index (χ1v) is 11.0. The highest BCUT2D eigenvalue weighted by Crippen LogP contribution is 2.60. The highest BCUT2D eigenvalue weighted by atomic mass is 19.2. The van der Waals surface area contributed by atoms with Gasteiger partial charge < -0.3 is 14.8 Å². The molecule has 0 radical (unpaired) electrons. The van der Waals surface area contributed by atoms with Crippen molar-refractivity contribution in [2.45, 2.75) is 31.4 Å². The molecule has 3 atom stereocenters. The number of carbonyl (C=O) groups is 2. The lowest BCUT2D eigenvalue weighted by molar-refractivity contribution is -0.119. The van der Waals surface area contributed by atoms with E-state index in [-0.39, 0.29) is 54.7 Å². The van der Waals surface area contributed by atoms with Crippen LogP contribution in [0.5, 0.6) is 17.2 Å². The van der Waals surface area contributed by atoms with Gasteiger partial charge in [0.2, 0.25) is 0 Å². The summed E-state index contributed by atoms with van der Waals surface area (Å²) < 4.78 is 52.5. The Kier molecular flexibility index (Phi) is 4.91. The number of benzene rings is 2. The van der Waals surface area contributed by atoms with Crippen molar-refractivity contribution in [1.82, 2.24) is 10.3 Å². The van der Waals surface area contributed by atoms with Gasteiger partial charge in [0.1, 0.15) is 40.8 Å². The number of nitrogens with one attached hydrogen (secondary N) is 2. The zero-order chi connectivity index (χ0) is 24.3. The van der Waals surface area contributed by atoms with E-state index in [9.17, 15) is 22.8 Å². The number of ether oxygens (including phenoxy) is 2. The fraction of sp³-hybridized carbons (Fsp3) is 0.240. The van der Waals surface area contributed by atoms with Crippen molar-refractivity contribution in [2.75, 3.05) is 5.32 Å². The maximum Gasteiger partial charge on any atom is 0.320 e. The summed E-state index contributed by atoms with van der Waals surface area (Å²) in [5, 5.41) is 5.32. The van der Waals surface area contributed by atoms with Gasteiger partial charge in [-0.15, -0.1) is 0 Å². The quantitative estimate of drug-likeness (QED) is 0.503. The van der Waals surface area contributed by atoms with E-state index in [0.29, 0.717) is 29.1 Å². The van der Waals surface area contributed by atoms with Gasteiger partial charge in [0.25, 0.3) is 0 Å². The van der Waals surface area contributed by atoms with Crippen LogP contribution >= 0.6 is 0 Å². The number of carbonyl (C=O) groups excluding carboxylic acids is 2. The van der Waals surface area contributed by atoms with Gasteiger partial charge in [0, 0.05) is 42.5 Å². The predicted molar refractivity (Wildman–Crippen MR) is 117 cm³/mol. The largest absolute Gasteiger partial charge is 0.489 e. The highest BCUT2D eigenvalue weighted by Gasteiger charge is 2.59. The molecule has 178 valence electrons. The number of anilines is 1. The number of hydrogen-bond donors (Lipinski definition) is 2. The molecular weight excluding hydrogens is 463 g/mol. The van der Waals surface area contributed by atoms with E-state index in [4.69, 9.17) is 9.47 Å². The number of urea groups is 1.